The second-order valence-electron chi connectivity index (χ2n) is 3.00. The van der Waals surface area contributed by atoms with Crippen LogP contribution >= 0.6 is 0 Å². The first-order valence-electron chi connectivity index (χ1n) is 4.38. The van der Waals surface area contributed by atoms with E-state index in [2.05, 4.69) is 0 Å². The number of aromatic carboxylic acids is 1. The van der Waals surface area contributed by atoms with Crippen LogP contribution in [0.3, 0.4) is 0 Å². The van der Waals surface area contributed by atoms with E-state index in [0.29, 0.717) is 0 Å². The second kappa shape index (κ2) is 4.63. The van der Waals surface area contributed by atoms with Gasteiger partial charge in [0.1, 0.15) is 17.1 Å². The number of carbonyl (C=O) groups excluding carboxylic acids is 1. The lowest BCUT2D eigenvalue weighted by atomic mass is 10.0. The molecule has 4 N–H and O–H groups in total. The molecule has 16 heavy (non-hydrogen) atoms. The van der Waals surface area contributed by atoms with Crippen LogP contribution < -0.4 is 10.5 Å². The van der Waals surface area contributed by atoms with E-state index < -0.39 is 11.8 Å². The number of ether oxygens (including phenoxy) is 1. The minimum Gasteiger partial charge on any atom is -0.507 e. The van der Waals surface area contributed by atoms with Crippen LogP contribution in [0.1, 0.15) is 20.7 Å². The van der Waals surface area contributed by atoms with Crippen LogP contribution in [0.4, 0.5) is 0 Å². The van der Waals surface area contributed by atoms with Crippen molar-refractivity contribution in [3.8, 4) is 11.5 Å². The van der Waals surface area contributed by atoms with Crippen LogP contribution in [-0.4, -0.2) is 35.6 Å². The maximum atomic E-state index is 11.3. The van der Waals surface area contributed by atoms with Crippen LogP contribution in [0.5, 0.6) is 11.5 Å². The number of hydrogen-bond acceptors (Lipinski definition) is 5. The van der Waals surface area contributed by atoms with Gasteiger partial charge < -0.3 is 20.7 Å². The Bertz CT molecular complexity index is 441. The molecule has 0 saturated heterocycles. The molecule has 1 rings (SSSR count). The molecule has 0 saturated carbocycles. The molecule has 1 aromatic carbocycles. The maximum absolute atomic E-state index is 11.3. The summed E-state index contributed by atoms with van der Waals surface area (Å²) in [6, 6.07) is 2.12. The fourth-order valence-electron chi connectivity index (χ4n) is 1.24. The Labute approximate surface area is 91.3 Å². The van der Waals surface area contributed by atoms with E-state index in [1.54, 1.807) is 0 Å². The number of phenolic OH excluding ortho intramolecular Hbond substituents is 1. The molecule has 0 aliphatic carbocycles. The highest BCUT2D eigenvalue weighted by atomic mass is 16.5. The molecule has 0 spiro atoms. The molecule has 0 aliphatic heterocycles. The molecular formula is C10H11NO5. The molecule has 86 valence electrons. The van der Waals surface area contributed by atoms with Crippen molar-refractivity contribution in [3.05, 3.63) is 23.3 Å². The zero-order chi connectivity index (χ0) is 12.3. The Morgan fingerprint density at radius 2 is 2.00 bits per heavy atom. The number of aromatic hydroxyl groups is 1. The summed E-state index contributed by atoms with van der Waals surface area (Å²) in [6.07, 6.45) is 0. The van der Waals surface area contributed by atoms with Gasteiger partial charge in [0.05, 0.1) is 19.2 Å². The first kappa shape index (κ1) is 12.0. The fraction of sp³-hybridized carbons (Fsp3) is 0.200. The number of Topliss-reactive ketones (excluding diaryl/α,β-unsaturated/α-hetero) is 1. The predicted octanol–water partition coefficient (Wildman–Crippen LogP) is 0.240. The van der Waals surface area contributed by atoms with Gasteiger partial charge in [-0.3, -0.25) is 4.79 Å². The van der Waals surface area contributed by atoms with Gasteiger partial charge in [0.2, 0.25) is 0 Å². The SMILES string of the molecule is COc1cc(O)c(C(=O)CN)cc1C(=O)O. The lowest BCUT2D eigenvalue weighted by Crippen LogP contribution is -2.15. The molecule has 1 aromatic rings. The lowest BCUT2D eigenvalue weighted by Gasteiger charge is -2.08. The Balaban J connectivity index is 3.38. The van der Waals surface area contributed by atoms with Crippen LogP contribution in [0.15, 0.2) is 12.1 Å². The first-order valence-corrected chi connectivity index (χ1v) is 4.38. The largest absolute Gasteiger partial charge is 0.507 e. The van der Waals surface area contributed by atoms with E-state index >= 15 is 0 Å². The number of benzene rings is 1. The highest BCUT2D eigenvalue weighted by molar-refractivity contribution is 6.03. The number of methoxy groups -OCH3 is 1. The maximum Gasteiger partial charge on any atom is 0.339 e. The average Bonchev–Trinajstić information content (AvgIpc) is 2.27. The molecule has 6 heteroatoms. The van der Waals surface area contributed by atoms with E-state index in [9.17, 15) is 14.7 Å². The van der Waals surface area contributed by atoms with Crippen molar-refractivity contribution in [1.29, 1.82) is 0 Å². The minimum atomic E-state index is -1.25. The number of carboxylic acid groups (broad SMARTS) is 1. The van der Waals surface area contributed by atoms with E-state index in [1.807, 2.05) is 0 Å². The third kappa shape index (κ3) is 2.12. The van der Waals surface area contributed by atoms with Gasteiger partial charge in [-0.05, 0) is 6.07 Å². The van der Waals surface area contributed by atoms with Crippen molar-refractivity contribution in [2.45, 2.75) is 0 Å². The summed E-state index contributed by atoms with van der Waals surface area (Å²) in [5, 5.41) is 18.3. The number of rotatable bonds is 4. The molecular weight excluding hydrogens is 214 g/mol. The normalized spacial score (nSPS) is 9.88. The predicted molar refractivity (Wildman–Crippen MR) is 55.0 cm³/mol. The molecule has 0 atom stereocenters. The van der Waals surface area contributed by atoms with Crippen LogP contribution in [0.2, 0.25) is 0 Å². The smallest absolute Gasteiger partial charge is 0.339 e. The number of phenols is 1. The Morgan fingerprint density at radius 3 is 2.44 bits per heavy atom. The average molecular weight is 225 g/mol. The van der Waals surface area contributed by atoms with E-state index in [0.717, 1.165) is 12.1 Å². The highest BCUT2D eigenvalue weighted by Crippen LogP contribution is 2.28. The summed E-state index contributed by atoms with van der Waals surface area (Å²) >= 11 is 0. The molecule has 0 fully saturated rings. The molecule has 0 bridgehead atoms. The van der Waals surface area contributed by atoms with Gasteiger partial charge in [0.15, 0.2) is 5.78 Å². The highest BCUT2D eigenvalue weighted by Gasteiger charge is 2.18. The molecule has 0 radical (unpaired) electrons. The number of carboxylic acids is 1. The lowest BCUT2D eigenvalue weighted by molar-refractivity contribution is 0.0693. The van der Waals surface area contributed by atoms with Gasteiger partial charge in [-0.25, -0.2) is 4.79 Å². The van der Waals surface area contributed by atoms with Crippen molar-refractivity contribution in [1.82, 2.24) is 0 Å². The first-order chi connectivity index (χ1) is 7.51. The number of carbonyl (C=O) groups is 2. The van der Waals surface area contributed by atoms with Gasteiger partial charge in [0, 0.05) is 6.07 Å². The molecule has 0 heterocycles. The molecule has 0 aliphatic rings. The monoisotopic (exact) mass is 225 g/mol. The van der Waals surface area contributed by atoms with Gasteiger partial charge in [-0.1, -0.05) is 0 Å². The third-order valence-corrected chi connectivity index (χ3v) is 2.03. The summed E-state index contributed by atoms with van der Waals surface area (Å²) in [4.78, 5) is 22.1. The van der Waals surface area contributed by atoms with Crippen molar-refractivity contribution in [2.75, 3.05) is 13.7 Å². The summed E-state index contributed by atoms with van der Waals surface area (Å²) < 4.78 is 4.77. The number of ketones is 1. The van der Waals surface area contributed by atoms with Crippen molar-refractivity contribution in [2.24, 2.45) is 5.73 Å². The summed E-state index contributed by atoms with van der Waals surface area (Å²) in [6.45, 7) is -0.307. The van der Waals surface area contributed by atoms with Gasteiger partial charge >= 0.3 is 5.97 Å². The fourth-order valence-corrected chi connectivity index (χ4v) is 1.24. The minimum absolute atomic E-state index is 0.0152. The number of hydrogen-bond donors (Lipinski definition) is 3. The Kier molecular flexibility index (Phi) is 3.47. The molecule has 0 unspecified atom stereocenters. The standard InChI is InChI=1S/C10H11NO5/c1-16-9-3-7(12)5(8(13)4-11)2-6(9)10(14)15/h2-3,12H,4,11H2,1H3,(H,14,15). The topological polar surface area (TPSA) is 110 Å². The van der Waals surface area contributed by atoms with Gasteiger partial charge in [-0.2, -0.15) is 0 Å². The quantitative estimate of drug-likeness (QED) is 0.633. The van der Waals surface area contributed by atoms with E-state index in [4.69, 9.17) is 15.6 Å². The van der Waals surface area contributed by atoms with Gasteiger partial charge in [0.25, 0.3) is 0 Å². The van der Waals surface area contributed by atoms with Crippen LogP contribution in [0, 0.1) is 0 Å². The Morgan fingerprint density at radius 1 is 1.38 bits per heavy atom. The molecule has 0 amide bonds. The van der Waals surface area contributed by atoms with Crippen molar-refractivity contribution in [3.63, 3.8) is 0 Å². The second-order valence-corrected chi connectivity index (χ2v) is 3.00. The molecule has 6 nitrogen and oxygen atoms in total. The molecule has 0 aromatic heterocycles. The zero-order valence-electron chi connectivity index (χ0n) is 8.56. The number of nitrogens with two attached hydrogens (primary N) is 1. The van der Waals surface area contributed by atoms with Crippen LogP contribution in [-0.2, 0) is 0 Å². The summed E-state index contributed by atoms with van der Waals surface area (Å²) in [5.74, 6) is -2.15. The zero-order valence-corrected chi connectivity index (χ0v) is 8.56. The van der Waals surface area contributed by atoms with Gasteiger partial charge in [-0.15, -0.1) is 0 Å². The third-order valence-electron chi connectivity index (χ3n) is 2.03. The Hall–Kier alpha value is -2.08. The summed E-state index contributed by atoms with van der Waals surface area (Å²) in [7, 11) is 1.27. The van der Waals surface area contributed by atoms with E-state index in [1.165, 1.54) is 7.11 Å². The summed E-state index contributed by atoms with van der Waals surface area (Å²) in [5.41, 5.74) is 4.81. The van der Waals surface area contributed by atoms with Crippen LogP contribution in [0.25, 0.3) is 0 Å². The van der Waals surface area contributed by atoms with Crippen molar-refractivity contribution >= 4 is 11.8 Å². The van der Waals surface area contributed by atoms with E-state index in [-0.39, 0.29) is 29.2 Å². The van der Waals surface area contributed by atoms with Crippen molar-refractivity contribution < 1.29 is 24.5 Å².